The highest BCUT2D eigenvalue weighted by Crippen LogP contribution is 2.27. The molecule has 2 atom stereocenters. The molecule has 2 bridgehead atoms. The maximum absolute atomic E-state index is 12.5. The van der Waals surface area contributed by atoms with E-state index in [0.29, 0.717) is 25.0 Å². The number of rotatable bonds is 7. The molecule has 2 aromatic heterocycles. The lowest BCUT2D eigenvalue weighted by Crippen LogP contribution is -2.41. The van der Waals surface area contributed by atoms with Gasteiger partial charge in [0.25, 0.3) is 0 Å². The molecule has 2 aliphatic rings. The Bertz CT molecular complexity index is 1070. The second-order valence-corrected chi connectivity index (χ2v) is 8.83. The summed E-state index contributed by atoms with van der Waals surface area (Å²) in [5.74, 6) is 0.00324. The predicted octanol–water partition coefficient (Wildman–Crippen LogP) is 3.42. The van der Waals surface area contributed by atoms with E-state index in [-0.39, 0.29) is 5.91 Å². The molecule has 2 saturated heterocycles. The van der Waals surface area contributed by atoms with Crippen molar-refractivity contribution < 1.29 is 9.53 Å². The van der Waals surface area contributed by atoms with Gasteiger partial charge in [-0.2, -0.15) is 5.10 Å². The van der Waals surface area contributed by atoms with Crippen LogP contribution in [0.4, 0.5) is 5.69 Å². The minimum Gasteiger partial charge on any atom is -0.372 e. The van der Waals surface area contributed by atoms with Gasteiger partial charge in [0, 0.05) is 62.9 Å². The molecule has 5 rings (SSSR count). The van der Waals surface area contributed by atoms with Crippen LogP contribution in [0.1, 0.15) is 30.4 Å². The first-order chi connectivity index (χ1) is 15.6. The highest BCUT2D eigenvalue weighted by molar-refractivity contribution is 5.91. The third-order valence-electron chi connectivity index (χ3n) is 6.30. The number of carbonyl (C=O) groups is 1. The molecule has 32 heavy (non-hydrogen) atoms. The van der Waals surface area contributed by atoms with Crippen molar-refractivity contribution in [3.63, 3.8) is 0 Å². The van der Waals surface area contributed by atoms with Gasteiger partial charge in [0.05, 0.1) is 18.4 Å². The zero-order chi connectivity index (χ0) is 21.9. The van der Waals surface area contributed by atoms with Crippen molar-refractivity contribution in [1.82, 2.24) is 19.7 Å². The fourth-order valence-corrected chi connectivity index (χ4v) is 4.72. The Morgan fingerprint density at radius 1 is 1.12 bits per heavy atom. The van der Waals surface area contributed by atoms with Crippen LogP contribution in [0.15, 0.2) is 55.1 Å². The average Bonchev–Trinajstić information content (AvgIpc) is 3.38. The topological polar surface area (TPSA) is 72.3 Å². The van der Waals surface area contributed by atoms with E-state index in [9.17, 15) is 4.79 Å². The number of nitrogens with one attached hydrogen (secondary N) is 1. The Labute approximate surface area is 188 Å². The number of benzene rings is 1. The van der Waals surface area contributed by atoms with Gasteiger partial charge in [-0.15, -0.1) is 0 Å². The Hall–Kier alpha value is -3.03. The number of fused-ring (bicyclic) bond motifs is 2. The summed E-state index contributed by atoms with van der Waals surface area (Å²) in [5, 5.41) is 7.27. The van der Waals surface area contributed by atoms with Crippen LogP contribution < -0.4 is 5.32 Å². The molecular formula is C25H29N5O2. The summed E-state index contributed by atoms with van der Waals surface area (Å²) in [6.07, 6.45) is 11.6. The number of hydrogen-bond acceptors (Lipinski definition) is 5. The molecule has 1 aromatic carbocycles. The van der Waals surface area contributed by atoms with Crippen LogP contribution in [0.5, 0.6) is 0 Å². The fraction of sp³-hybridized carbons (Fsp3) is 0.400. The first-order valence-electron chi connectivity index (χ1n) is 11.3. The number of morpholine rings is 1. The van der Waals surface area contributed by atoms with Crippen molar-refractivity contribution >= 4 is 11.6 Å². The monoisotopic (exact) mass is 431 g/mol. The van der Waals surface area contributed by atoms with Crippen LogP contribution in [-0.4, -0.2) is 50.9 Å². The summed E-state index contributed by atoms with van der Waals surface area (Å²) in [5.41, 5.74) is 5.25. The molecule has 166 valence electrons. The summed E-state index contributed by atoms with van der Waals surface area (Å²) in [6.45, 7) is 2.97. The van der Waals surface area contributed by atoms with E-state index in [2.05, 4.69) is 32.4 Å². The highest BCUT2D eigenvalue weighted by Gasteiger charge is 2.33. The van der Waals surface area contributed by atoms with E-state index in [1.807, 2.05) is 43.8 Å². The lowest BCUT2D eigenvalue weighted by atomic mass is 10.0. The van der Waals surface area contributed by atoms with Gasteiger partial charge in [0.1, 0.15) is 0 Å². The van der Waals surface area contributed by atoms with Gasteiger partial charge >= 0.3 is 0 Å². The molecule has 0 radical (unpaired) electrons. The predicted molar refractivity (Wildman–Crippen MR) is 123 cm³/mol. The number of aryl methyl sites for hydroxylation is 2. The number of amides is 1. The fourth-order valence-electron chi connectivity index (χ4n) is 4.72. The Kier molecular flexibility index (Phi) is 6.01. The molecule has 7 heteroatoms. The smallest absolute Gasteiger partial charge is 0.224 e. The first kappa shape index (κ1) is 20.8. The van der Waals surface area contributed by atoms with Crippen LogP contribution >= 0.6 is 0 Å². The maximum Gasteiger partial charge on any atom is 0.224 e. The Balaban J connectivity index is 1.14. The number of carbonyl (C=O) groups excluding carboxylic acids is 1. The summed E-state index contributed by atoms with van der Waals surface area (Å²) in [6, 6.07) is 10.2. The third-order valence-corrected chi connectivity index (χ3v) is 6.30. The lowest BCUT2D eigenvalue weighted by molar-refractivity contribution is -0.116. The number of aromatic nitrogens is 3. The van der Waals surface area contributed by atoms with E-state index < -0.39 is 0 Å². The van der Waals surface area contributed by atoms with Gasteiger partial charge in [-0.3, -0.25) is 19.4 Å². The van der Waals surface area contributed by atoms with Crippen molar-refractivity contribution in [1.29, 1.82) is 0 Å². The van der Waals surface area contributed by atoms with Gasteiger partial charge in [-0.25, -0.2) is 0 Å². The lowest BCUT2D eigenvalue weighted by Gasteiger charge is -2.32. The Morgan fingerprint density at radius 2 is 1.91 bits per heavy atom. The van der Waals surface area contributed by atoms with Crippen molar-refractivity contribution in [3.05, 3.63) is 66.2 Å². The number of pyridine rings is 1. The quantitative estimate of drug-likeness (QED) is 0.621. The summed E-state index contributed by atoms with van der Waals surface area (Å²) in [7, 11) is 1.90. The maximum atomic E-state index is 12.5. The minimum absolute atomic E-state index is 0.00324. The average molecular weight is 432 g/mol. The molecule has 1 N–H and O–H groups in total. The van der Waals surface area contributed by atoms with Crippen LogP contribution in [-0.2, 0) is 29.5 Å². The molecule has 2 aliphatic heterocycles. The van der Waals surface area contributed by atoms with Gasteiger partial charge in [0.2, 0.25) is 5.91 Å². The second-order valence-electron chi connectivity index (χ2n) is 8.83. The molecule has 4 heterocycles. The van der Waals surface area contributed by atoms with Crippen LogP contribution in [0, 0.1) is 0 Å². The highest BCUT2D eigenvalue weighted by atomic mass is 16.5. The van der Waals surface area contributed by atoms with E-state index in [4.69, 9.17) is 4.74 Å². The number of ether oxygens (including phenoxy) is 1. The summed E-state index contributed by atoms with van der Waals surface area (Å²) in [4.78, 5) is 19.3. The van der Waals surface area contributed by atoms with Gasteiger partial charge < -0.3 is 10.1 Å². The standard InChI is InChI=1S/C25H29N5O2/c1-29-15-20(13-27-29)24-10-11-26-12-19(24)4-9-25(31)28-21-5-2-18(3-6-21)14-30-16-22-7-8-23(17-30)32-22/h2-3,5-6,10-13,15,22-23H,4,7-9,14,16-17H2,1H3,(H,28,31). The normalized spacial score (nSPS) is 20.4. The largest absolute Gasteiger partial charge is 0.372 e. The first-order valence-corrected chi connectivity index (χ1v) is 11.3. The SMILES string of the molecule is Cn1cc(-c2ccncc2CCC(=O)Nc2ccc(CN3CC4CCC(C3)O4)cc2)cn1. The van der Waals surface area contributed by atoms with Gasteiger partial charge in [-0.05, 0) is 54.2 Å². The Morgan fingerprint density at radius 3 is 2.62 bits per heavy atom. The molecule has 7 nitrogen and oxygen atoms in total. The second kappa shape index (κ2) is 9.22. The van der Waals surface area contributed by atoms with Crippen molar-refractivity contribution in [2.75, 3.05) is 18.4 Å². The van der Waals surface area contributed by atoms with Crippen LogP contribution in [0.25, 0.3) is 11.1 Å². The number of anilines is 1. The summed E-state index contributed by atoms with van der Waals surface area (Å²) < 4.78 is 7.70. The van der Waals surface area contributed by atoms with E-state index in [1.54, 1.807) is 10.9 Å². The number of likely N-dealkylation sites (tertiary alicyclic amines) is 1. The third kappa shape index (κ3) is 4.89. The minimum atomic E-state index is 0.00324. The molecule has 0 saturated carbocycles. The van der Waals surface area contributed by atoms with Gasteiger partial charge in [0.15, 0.2) is 0 Å². The molecule has 1 amide bonds. The summed E-state index contributed by atoms with van der Waals surface area (Å²) >= 11 is 0. The number of nitrogens with zero attached hydrogens (tertiary/aromatic N) is 4. The van der Waals surface area contributed by atoms with Crippen molar-refractivity contribution in [2.45, 2.75) is 44.4 Å². The molecule has 2 unspecified atom stereocenters. The van der Waals surface area contributed by atoms with Crippen LogP contribution in [0.3, 0.4) is 0 Å². The molecule has 2 fully saturated rings. The van der Waals surface area contributed by atoms with Crippen molar-refractivity contribution in [2.24, 2.45) is 7.05 Å². The van der Waals surface area contributed by atoms with Gasteiger partial charge in [-0.1, -0.05) is 12.1 Å². The molecule has 0 spiro atoms. The molecular weight excluding hydrogens is 402 g/mol. The van der Waals surface area contributed by atoms with E-state index >= 15 is 0 Å². The van der Waals surface area contributed by atoms with E-state index in [1.165, 1.54) is 18.4 Å². The van der Waals surface area contributed by atoms with Crippen molar-refractivity contribution in [3.8, 4) is 11.1 Å². The molecule has 3 aromatic rings. The zero-order valence-corrected chi connectivity index (χ0v) is 18.4. The van der Waals surface area contributed by atoms with E-state index in [0.717, 1.165) is 42.0 Å². The van der Waals surface area contributed by atoms with Crippen LogP contribution in [0.2, 0.25) is 0 Å². The molecule has 0 aliphatic carbocycles. The zero-order valence-electron chi connectivity index (χ0n) is 18.4. The number of hydrogen-bond donors (Lipinski definition) is 1.